The van der Waals surface area contributed by atoms with Gasteiger partial charge in [-0.25, -0.2) is 4.79 Å². The van der Waals surface area contributed by atoms with Crippen LogP contribution in [0.15, 0.2) is 42.0 Å². The Labute approximate surface area is 180 Å². The lowest BCUT2D eigenvalue weighted by Crippen LogP contribution is -2.53. The molecule has 4 rings (SSSR count). The fraction of sp³-hybridized carbons (Fsp3) is 0.450. The number of rotatable bonds is 4. The Bertz CT molecular complexity index is 863. The van der Waals surface area contributed by atoms with Crippen molar-refractivity contribution in [2.75, 3.05) is 13.2 Å². The van der Waals surface area contributed by atoms with Crippen LogP contribution in [0.2, 0.25) is 0 Å². The van der Waals surface area contributed by atoms with E-state index in [9.17, 15) is 18.0 Å². The van der Waals surface area contributed by atoms with Crippen molar-refractivity contribution in [1.82, 2.24) is 9.88 Å². The van der Waals surface area contributed by atoms with Crippen LogP contribution >= 0.6 is 11.3 Å². The molecule has 2 aromatic rings. The summed E-state index contributed by atoms with van der Waals surface area (Å²) < 4.78 is 43.8. The van der Waals surface area contributed by atoms with Crippen molar-refractivity contribution in [3.05, 3.63) is 52.5 Å². The number of hydrogen-bond donors (Lipinski definition) is 1. The van der Waals surface area contributed by atoms with Crippen LogP contribution in [0.1, 0.15) is 28.1 Å². The third-order valence-corrected chi connectivity index (χ3v) is 5.82. The van der Waals surface area contributed by atoms with Crippen LogP contribution in [-0.2, 0) is 20.9 Å². The van der Waals surface area contributed by atoms with Crippen molar-refractivity contribution in [3.63, 3.8) is 0 Å². The second-order valence-electron chi connectivity index (χ2n) is 6.97. The summed E-state index contributed by atoms with van der Waals surface area (Å²) in [7, 11) is 0. The fourth-order valence-corrected chi connectivity index (χ4v) is 4.25. The molecule has 1 amide bonds. The molecule has 3 atom stereocenters. The molecule has 2 aromatic heterocycles. The van der Waals surface area contributed by atoms with E-state index in [2.05, 4.69) is 4.98 Å². The molecule has 2 aliphatic rings. The topological polar surface area (TPSA) is 89.0 Å². The molecule has 0 spiro atoms. The van der Waals surface area contributed by atoms with E-state index >= 15 is 0 Å². The predicted octanol–water partition coefficient (Wildman–Crippen LogP) is 3.37. The van der Waals surface area contributed by atoms with Gasteiger partial charge in [0.1, 0.15) is 6.10 Å². The highest BCUT2D eigenvalue weighted by molar-refractivity contribution is 7.12. The average Bonchev–Trinajstić information content (AvgIpc) is 3.42. The summed E-state index contributed by atoms with van der Waals surface area (Å²) in [6.45, 7) is 1.77. The summed E-state index contributed by atoms with van der Waals surface area (Å²) in [5.41, 5.74) is 1.06. The first-order chi connectivity index (χ1) is 14.8. The van der Waals surface area contributed by atoms with Gasteiger partial charge in [-0.1, -0.05) is 12.1 Å². The zero-order chi connectivity index (χ0) is 22.4. The number of carbonyl (C=O) groups excluding carboxylic acids is 1. The number of aliphatic carboxylic acids is 1. The van der Waals surface area contributed by atoms with Gasteiger partial charge in [-0.15, -0.1) is 11.3 Å². The molecule has 7 nitrogen and oxygen atoms in total. The molecule has 2 fully saturated rings. The maximum Gasteiger partial charge on any atom is 0.490 e. The highest BCUT2D eigenvalue weighted by atomic mass is 32.1. The Morgan fingerprint density at radius 2 is 2.06 bits per heavy atom. The highest BCUT2D eigenvalue weighted by Gasteiger charge is 2.45. The largest absolute Gasteiger partial charge is 0.490 e. The Balaban J connectivity index is 0.000000339. The minimum Gasteiger partial charge on any atom is -0.475 e. The number of hydrogen-bond acceptors (Lipinski definition) is 6. The Morgan fingerprint density at radius 1 is 1.29 bits per heavy atom. The van der Waals surface area contributed by atoms with Crippen molar-refractivity contribution in [2.24, 2.45) is 0 Å². The van der Waals surface area contributed by atoms with Crippen LogP contribution in [-0.4, -0.2) is 64.4 Å². The number of fused-ring (bicyclic) bond motifs is 1. The number of ether oxygens (including phenoxy) is 2. The van der Waals surface area contributed by atoms with Crippen LogP contribution in [0.25, 0.3) is 0 Å². The first kappa shape index (κ1) is 23.2. The molecule has 1 saturated heterocycles. The Hall–Kier alpha value is -2.50. The lowest BCUT2D eigenvalue weighted by molar-refractivity contribution is -0.192. The van der Waals surface area contributed by atoms with E-state index in [-0.39, 0.29) is 24.2 Å². The molecule has 3 heterocycles. The third-order valence-electron chi connectivity index (χ3n) is 4.96. The van der Waals surface area contributed by atoms with Gasteiger partial charge in [0, 0.05) is 18.9 Å². The SMILES string of the molecule is O=C(O)C(F)(F)F.O=C(c1cccs1)N1CCO[C@@H]2[C@@H](OCc3cccnc3)CC[C@@H]21. The van der Waals surface area contributed by atoms with E-state index < -0.39 is 12.1 Å². The Morgan fingerprint density at radius 3 is 2.68 bits per heavy atom. The van der Waals surface area contributed by atoms with E-state index in [4.69, 9.17) is 19.4 Å². The van der Waals surface area contributed by atoms with E-state index in [1.54, 1.807) is 6.20 Å². The number of alkyl halides is 3. The number of halogens is 3. The monoisotopic (exact) mass is 458 g/mol. The number of amides is 1. The van der Waals surface area contributed by atoms with Crippen LogP contribution in [0.3, 0.4) is 0 Å². The second-order valence-corrected chi connectivity index (χ2v) is 7.92. The molecule has 1 N–H and O–H groups in total. The number of carboxylic acid groups (broad SMARTS) is 1. The zero-order valence-corrected chi connectivity index (χ0v) is 17.1. The standard InChI is InChI=1S/C18H20N2O3S.C2HF3O2/c21-18(16-4-2-10-24-16)20-8-9-22-17-14(20)5-6-15(17)23-12-13-3-1-7-19-11-13;3-2(4,5)1(6)7/h1-4,7,10-11,14-15,17H,5-6,8-9,12H2;(H,6,7)/t14-,15-,17-;/m0./s1. The summed E-state index contributed by atoms with van der Waals surface area (Å²) in [5.74, 6) is -2.64. The normalized spacial score (nSPS) is 22.9. The van der Waals surface area contributed by atoms with Crippen LogP contribution < -0.4 is 0 Å². The molecular weight excluding hydrogens is 437 g/mol. The molecule has 0 radical (unpaired) electrons. The summed E-state index contributed by atoms with van der Waals surface area (Å²) in [6.07, 6.45) is 0.353. The van der Waals surface area contributed by atoms with Crippen LogP contribution in [0.4, 0.5) is 13.2 Å². The zero-order valence-electron chi connectivity index (χ0n) is 16.3. The third kappa shape index (κ3) is 6.02. The summed E-state index contributed by atoms with van der Waals surface area (Å²) in [5, 5.41) is 9.07. The van der Waals surface area contributed by atoms with Gasteiger partial charge < -0.3 is 19.5 Å². The molecular formula is C20H21F3N2O5S. The first-order valence-corrected chi connectivity index (χ1v) is 10.4. The lowest BCUT2D eigenvalue weighted by Gasteiger charge is -2.38. The Kier molecular flexibility index (Phi) is 7.63. The quantitative estimate of drug-likeness (QED) is 0.756. The molecule has 168 valence electrons. The van der Waals surface area contributed by atoms with Gasteiger partial charge in [0.05, 0.1) is 30.2 Å². The number of carbonyl (C=O) groups is 2. The van der Waals surface area contributed by atoms with Gasteiger partial charge in [-0.05, 0) is 35.9 Å². The highest BCUT2D eigenvalue weighted by Crippen LogP contribution is 2.33. The second kappa shape index (κ2) is 10.2. The van der Waals surface area contributed by atoms with Crippen molar-refractivity contribution in [2.45, 2.75) is 43.9 Å². The molecule has 0 bridgehead atoms. The van der Waals surface area contributed by atoms with Gasteiger partial charge in [-0.3, -0.25) is 9.78 Å². The first-order valence-electron chi connectivity index (χ1n) is 9.54. The maximum atomic E-state index is 12.7. The van der Waals surface area contributed by atoms with E-state index in [0.29, 0.717) is 19.8 Å². The summed E-state index contributed by atoms with van der Waals surface area (Å²) in [6, 6.07) is 7.85. The number of carboxylic acids is 1. The number of nitrogens with zero attached hydrogens (tertiary/aromatic N) is 2. The maximum absolute atomic E-state index is 12.7. The number of aromatic nitrogens is 1. The molecule has 1 aliphatic carbocycles. The van der Waals surface area contributed by atoms with Crippen LogP contribution in [0, 0.1) is 0 Å². The molecule has 11 heteroatoms. The van der Waals surface area contributed by atoms with E-state index in [1.165, 1.54) is 11.3 Å². The molecule has 31 heavy (non-hydrogen) atoms. The van der Waals surface area contributed by atoms with Gasteiger partial charge in [0.25, 0.3) is 5.91 Å². The van der Waals surface area contributed by atoms with Gasteiger partial charge in [-0.2, -0.15) is 13.2 Å². The minimum absolute atomic E-state index is 0.0284. The summed E-state index contributed by atoms with van der Waals surface area (Å²) in [4.78, 5) is 28.5. The van der Waals surface area contributed by atoms with E-state index in [1.807, 2.05) is 40.7 Å². The van der Waals surface area contributed by atoms with Gasteiger partial charge >= 0.3 is 12.1 Å². The number of thiophene rings is 1. The number of pyridine rings is 1. The van der Waals surface area contributed by atoms with E-state index in [0.717, 1.165) is 23.3 Å². The molecule has 1 aliphatic heterocycles. The molecule has 1 saturated carbocycles. The number of morpholine rings is 1. The van der Waals surface area contributed by atoms with Crippen molar-refractivity contribution < 1.29 is 37.3 Å². The van der Waals surface area contributed by atoms with Crippen molar-refractivity contribution >= 4 is 23.2 Å². The smallest absolute Gasteiger partial charge is 0.475 e. The predicted molar refractivity (Wildman–Crippen MR) is 105 cm³/mol. The van der Waals surface area contributed by atoms with Gasteiger partial charge in [0.2, 0.25) is 0 Å². The van der Waals surface area contributed by atoms with Crippen LogP contribution in [0.5, 0.6) is 0 Å². The fourth-order valence-electron chi connectivity index (χ4n) is 3.57. The minimum atomic E-state index is -5.08. The average molecular weight is 458 g/mol. The van der Waals surface area contributed by atoms with Crippen molar-refractivity contribution in [3.8, 4) is 0 Å². The molecule has 0 unspecified atom stereocenters. The van der Waals surface area contributed by atoms with Gasteiger partial charge in [0.15, 0.2) is 0 Å². The molecule has 0 aromatic carbocycles. The summed E-state index contributed by atoms with van der Waals surface area (Å²) >= 11 is 1.50. The lowest BCUT2D eigenvalue weighted by atomic mass is 10.1. The van der Waals surface area contributed by atoms with Crippen molar-refractivity contribution in [1.29, 1.82) is 0 Å².